The molecule has 0 bridgehead atoms. The summed E-state index contributed by atoms with van der Waals surface area (Å²) in [5.41, 5.74) is 3.13. The second kappa shape index (κ2) is 14.4. The lowest BCUT2D eigenvalue weighted by Crippen LogP contribution is -2.36. The molecule has 0 saturated carbocycles. The maximum Gasteiger partial charge on any atom is 0.323 e. The van der Waals surface area contributed by atoms with Gasteiger partial charge in [-0.1, -0.05) is 30.3 Å². The maximum absolute atomic E-state index is 13.5. The lowest BCUT2D eigenvalue weighted by Gasteiger charge is -2.35. The van der Waals surface area contributed by atoms with E-state index in [0.29, 0.717) is 43.3 Å². The van der Waals surface area contributed by atoms with Gasteiger partial charge >= 0.3 is 6.03 Å². The molecule has 0 radical (unpaired) electrons. The first kappa shape index (κ1) is 29.0. The molecule has 0 unspecified atom stereocenters. The van der Waals surface area contributed by atoms with Crippen molar-refractivity contribution in [3.05, 3.63) is 89.5 Å². The number of piperidine rings is 1. The van der Waals surface area contributed by atoms with Gasteiger partial charge in [-0.3, -0.25) is 4.79 Å². The Morgan fingerprint density at radius 3 is 2.33 bits per heavy atom. The van der Waals surface area contributed by atoms with Crippen molar-refractivity contribution in [3.8, 4) is 0 Å². The van der Waals surface area contributed by atoms with Crippen molar-refractivity contribution in [2.45, 2.75) is 32.6 Å². The molecule has 0 aliphatic carbocycles. The molecule has 4 rings (SSSR count). The van der Waals surface area contributed by atoms with Gasteiger partial charge in [-0.05, 0) is 74.4 Å². The number of urea groups is 1. The molecular formula is C31H36F2N4O3. The van der Waals surface area contributed by atoms with Crippen LogP contribution in [0.4, 0.5) is 30.6 Å². The van der Waals surface area contributed by atoms with Gasteiger partial charge in [0.15, 0.2) is 11.6 Å². The summed E-state index contributed by atoms with van der Waals surface area (Å²) in [6.07, 6.45) is 3.76. The normalized spacial score (nSPS) is 13.6. The van der Waals surface area contributed by atoms with Gasteiger partial charge in [0.1, 0.15) is 0 Å². The Bertz CT molecular complexity index is 1280. The number of nitrogens with zero attached hydrogens (tertiary/aromatic N) is 1. The van der Waals surface area contributed by atoms with Gasteiger partial charge < -0.3 is 25.6 Å². The Morgan fingerprint density at radius 1 is 0.925 bits per heavy atom. The summed E-state index contributed by atoms with van der Waals surface area (Å²) in [6, 6.07) is 18.2. The van der Waals surface area contributed by atoms with E-state index in [0.717, 1.165) is 50.2 Å². The number of anilines is 3. The van der Waals surface area contributed by atoms with E-state index < -0.39 is 17.7 Å². The molecule has 0 atom stereocenters. The Balaban J connectivity index is 1.44. The zero-order valence-corrected chi connectivity index (χ0v) is 22.7. The molecule has 3 amide bonds. The molecule has 7 nitrogen and oxygen atoms in total. The van der Waals surface area contributed by atoms with Crippen LogP contribution in [0, 0.1) is 17.6 Å². The van der Waals surface area contributed by atoms with Gasteiger partial charge in [0, 0.05) is 56.0 Å². The largest absolute Gasteiger partial charge is 0.382 e. The highest BCUT2D eigenvalue weighted by Crippen LogP contribution is 2.30. The Kier molecular flexibility index (Phi) is 10.5. The second-order valence-corrected chi connectivity index (χ2v) is 9.87. The van der Waals surface area contributed by atoms with Crippen molar-refractivity contribution in [2.75, 3.05) is 48.4 Å². The summed E-state index contributed by atoms with van der Waals surface area (Å²) in [6.45, 7) is 5.22. The summed E-state index contributed by atoms with van der Waals surface area (Å²) in [7, 11) is 0. The molecule has 1 aliphatic heterocycles. The monoisotopic (exact) mass is 550 g/mol. The molecule has 0 aromatic heterocycles. The number of carbonyl (C=O) groups is 2. The maximum atomic E-state index is 13.5. The molecule has 3 N–H and O–H groups in total. The molecule has 3 aromatic rings. The highest BCUT2D eigenvalue weighted by molar-refractivity contribution is 6.04. The van der Waals surface area contributed by atoms with Crippen molar-refractivity contribution in [1.82, 2.24) is 5.32 Å². The van der Waals surface area contributed by atoms with Crippen molar-refractivity contribution in [2.24, 2.45) is 5.92 Å². The van der Waals surface area contributed by atoms with Crippen molar-refractivity contribution >= 4 is 29.0 Å². The number of ether oxygens (including phenoxy) is 1. The lowest BCUT2D eigenvalue weighted by atomic mass is 9.89. The molecule has 212 valence electrons. The molecule has 1 aliphatic rings. The average molecular weight is 551 g/mol. The van der Waals surface area contributed by atoms with Crippen LogP contribution in [-0.2, 0) is 11.2 Å². The van der Waals surface area contributed by atoms with E-state index >= 15 is 0 Å². The van der Waals surface area contributed by atoms with Gasteiger partial charge in [0.2, 0.25) is 0 Å². The third kappa shape index (κ3) is 8.26. The highest BCUT2D eigenvalue weighted by Gasteiger charge is 2.24. The number of carbonyl (C=O) groups excluding carboxylic acids is 2. The van der Waals surface area contributed by atoms with E-state index in [1.54, 1.807) is 12.1 Å². The van der Waals surface area contributed by atoms with Crippen LogP contribution in [0.3, 0.4) is 0 Å². The second-order valence-electron chi connectivity index (χ2n) is 9.87. The number of hydrogen-bond acceptors (Lipinski definition) is 4. The summed E-state index contributed by atoms with van der Waals surface area (Å²) in [5, 5.41) is 8.13. The molecule has 0 spiro atoms. The van der Waals surface area contributed by atoms with E-state index in [1.165, 1.54) is 11.6 Å². The zero-order chi connectivity index (χ0) is 28.3. The van der Waals surface area contributed by atoms with Crippen molar-refractivity contribution in [1.29, 1.82) is 0 Å². The quantitative estimate of drug-likeness (QED) is 0.248. The van der Waals surface area contributed by atoms with Crippen LogP contribution in [0.5, 0.6) is 0 Å². The molecule has 1 fully saturated rings. The van der Waals surface area contributed by atoms with Gasteiger partial charge in [-0.25, -0.2) is 13.6 Å². The van der Waals surface area contributed by atoms with E-state index in [-0.39, 0.29) is 11.6 Å². The first-order chi connectivity index (χ1) is 19.4. The van der Waals surface area contributed by atoms with Gasteiger partial charge in [-0.2, -0.15) is 0 Å². The smallest absolute Gasteiger partial charge is 0.323 e. The Hall–Kier alpha value is -3.98. The van der Waals surface area contributed by atoms with Crippen LogP contribution in [-0.4, -0.2) is 44.8 Å². The number of rotatable bonds is 11. The van der Waals surface area contributed by atoms with Gasteiger partial charge in [-0.15, -0.1) is 0 Å². The number of halogens is 2. The predicted molar refractivity (Wildman–Crippen MR) is 154 cm³/mol. The van der Waals surface area contributed by atoms with E-state index in [9.17, 15) is 18.4 Å². The summed E-state index contributed by atoms with van der Waals surface area (Å²) >= 11 is 0. The zero-order valence-electron chi connectivity index (χ0n) is 22.7. The fourth-order valence-corrected chi connectivity index (χ4v) is 4.88. The number of hydrogen-bond donors (Lipinski definition) is 3. The summed E-state index contributed by atoms with van der Waals surface area (Å²) < 4.78 is 32.1. The fourth-order valence-electron chi connectivity index (χ4n) is 4.88. The lowest BCUT2D eigenvalue weighted by molar-refractivity contribution is 0.0944. The summed E-state index contributed by atoms with van der Waals surface area (Å²) in [5.74, 6) is -1.71. The predicted octanol–water partition coefficient (Wildman–Crippen LogP) is 6.22. The van der Waals surface area contributed by atoms with Crippen LogP contribution in [0.25, 0.3) is 0 Å². The SMILES string of the molecule is CCOCCCNC(=O)c1cc(NC(=O)Nc2ccc(F)c(F)c2)ccc1N1CCC(Cc2ccccc2)CC1. The third-order valence-corrected chi connectivity index (χ3v) is 6.95. The van der Waals surface area contributed by atoms with E-state index in [4.69, 9.17) is 4.74 Å². The average Bonchev–Trinajstić information content (AvgIpc) is 2.96. The molecule has 40 heavy (non-hydrogen) atoms. The van der Waals surface area contributed by atoms with Crippen LogP contribution in [0.2, 0.25) is 0 Å². The van der Waals surface area contributed by atoms with Crippen molar-refractivity contribution in [3.63, 3.8) is 0 Å². The first-order valence-corrected chi connectivity index (χ1v) is 13.7. The minimum Gasteiger partial charge on any atom is -0.382 e. The summed E-state index contributed by atoms with van der Waals surface area (Å²) in [4.78, 5) is 28.0. The van der Waals surface area contributed by atoms with Crippen LogP contribution in [0.1, 0.15) is 42.1 Å². The molecule has 9 heteroatoms. The number of benzene rings is 3. The van der Waals surface area contributed by atoms with Gasteiger partial charge in [0.25, 0.3) is 5.91 Å². The van der Waals surface area contributed by atoms with E-state index in [2.05, 4.69) is 45.1 Å². The molecule has 1 saturated heterocycles. The standard InChI is InChI=1S/C31H36F2N4O3/c1-2-40-18-6-15-34-30(38)26-20-24(35-31(39)36-25-9-11-27(32)28(33)21-25)10-12-29(26)37-16-13-23(14-17-37)19-22-7-4-3-5-8-22/h3-5,7-12,20-21,23H,2,6,13-19H2,1H3,(H,34,38)(H2,35,36,39). The van der Waals surface area contributed by atoms with Crippen molar-refractivity contribution < 1.29 is 23.1 Å². The van der Waals surface area contributed by atoms with Crippen LogP contribution < -0.4 is 20.9 Å². The topological polar surface area (TPSA) is 82.7 Å². The Morgan fingerprint density at radius 2 is 1.62 bits per heavy atom. The van der Waals surface area contributed by atoms with Gasteiger partial charge in [0.05, 0.1) is 5.56 Å². The molecular weight excluding hydrogens is 514 g/mol. The highest BCUT2D eigenvalue weighted by atomic mass is 19.2. The number of nitrogens with one attached hydrogen (secondary N) is 3. The number of amides is 3. The molecule has 1 heterocycles. The minimum absolute atomic E-state index is 0.110. The van der Waals surface area contributed by atoms with Crippen LogP contribution >= 0.6 is 0 Å². The fraction of sp³-hybridized carbons (Fsp3) is 0.355. The Labute approximate surface area is 233 Å². The van der Waals surface area contributed by atoms with Crippen LogP contribution in [0.15, 0.2) is 66.7 Å². The minimum atomic E-state index is -1.06. The van der Waals surface area contributed by atoms with E-state index in [1.807, 2.05) is 19.1 Å². The first-order valence-electron chi connectivity index (χ1n) is 13.7. The molecule has 3 aromatic carbocycles. The third-order valence-electron chi connectivity index (χ3n) is 6.95.